The first kappa shape index (κ1) is 14.1. The van der Waals surface area contributed by atoms with Crippen molar-refractivity contribution in [1.82, 2.24) is 9.55 Å². The van der Waals surface area contributed by atoms with Crippen molar-refractivity contribution in [3.63, 3.8) is 0 Å². The van der Waals surface area contributed by atoms with Gasteiger partial charge < -0.3 is 9.30 Å². The van der Waals surface area contributed by atoms with E-state index < -0.39 is 5.97 Å². The van der Waals surface area contributed by atoms with Crippen LogP contribution in [-0.2, 0) is 11.3 Å². The molecule has 0 amide bonds. The van der Waals surface area contributed by atoms with Crippen molar-refractivity contribution < 1.29 is 14.3 Å². The van der Waals surface area contributed by atoms with Gasteiger partial charge in [-0.1, -0.05) is 6.42 Å². The molecule has 104 valence electrons. The zero-order chi connectivity index (χ0) is 13.8. The van der Waals surface area contributed by atoms with Crippen molar-refractivity contribution in [2.45, 2.75) is 51.7 Å². The Balaban J connectivity index is 2.19. The Morgan fingerprint density at radius 2 is 2.16 bits per heavy atom. The van der Waals surface area contributed by atoms with Crippen LogP contribution < -0.4 is 0 Å². The van der Waals surface area contributed by atoms with Gasteiger partial charge >= 0.3 is 5.97 Å². The van der Waals surface area contributed by atoms with Crippen molar-refractivity contribution in [3.8, 4) is 0 Å². The van der Waals surface area contributed by atoms with Crippen LogP contribution in [0.3, 0.4) is 0 Å². The van der Waals surface area contributed by atoms with E-state index in [9.17, 15) is 9.59 Å². The predicted octanol–water partition coefficient (Wildman–Crippen LogP) is 2.86. The molecule has 19 heavy (non-hydrogen) atoms. The second kappa shape index (κ2) is 6.19. The molecule has 5 nitrogen and oxygen atoms in total. The second-order valence-corrected chi connectivity index (χ2v) is 4.98. The number of aromatic nitrogens is 2. The summed E-state index contributed by atoms with van der Waals surface area (Å²) in [7, 11) is 0. The van der Waals surface area contributed by atoms with Gasteiger partial charge in [0.05, 0.1) is 0 Å². The van der Waals surface area contributed by atoms with E-state index in [0.717, 1.165) is 25.7 Å². The number of ether oxygens (including phenoxy) is 1. The van der Waals surface area contributed by atoms with Crippen LogP contribution in [0.15, 0.2) is 0 Å². The fourth-order valence-electron chi connectivity index (χ4n) is 2.42. The molecule has 0 aliphatic heterocycles. The molecule has 0 bridgehead atoms. The molecule has 6 heteroatoms. The molecule has 1 aliphatic rings. The number of hydrogen-bond acceptors (Lipinski definition) is 4. The molecule has 0 radical (unpaired) electrons. The molecule has 1 aromatic rings. The Hall–Kier alpha value is -1.36. The molecular weight excluding hydrogens is 268 g/mol. The van der Waals surface area contributed by atoms with Crippen molar-refractivity contribution in [2.24, 2.45) is 0 Å². The molecule has 0 saturated heterocycles. The smallest absolute Gasteiger partial charge is 0.357 e. The molecule has 0 unspecified atom stereocenters. The third kappa shape index (κ3) is 2.97. The molecule has 1 heterocycles. The van der Waals surface area contributed by atoms with Gasteiger partial charge in [-0.25, -0.2) is 9.78 Å². The highest BCUT2D eigenvalue weighted by atomic mass is 35.5. The van der Waals surface area contributed by atoms with Crippen LogP contribution in [-0.4, -0.2) is 27.9 Å². The van der Waals surface area contributed by atoms with Gasteiger partial charge in [0.15, 0.2) is 12.0 Å². The van der Waals surface area contributed by atoms with Crippen LogP contribution in [0.1, 0.15) is 60.0 Å². The Kier molecular flexibility index (Phi) is 4.58. The number of carbonyl (C=O) groups is 2. The summed E-state index contributed by atoms with van der Waals surface area (Å²) >= 11 is 5.90. The third-order valence-electron chi connectivity index (χ3n) is 3.40. The maximum Gasteiger partial charge on any atom is 0.357 e. The van der Waals surface area contributed by atoms with Crippen molar-refractivity contribution in [1.29, 1.82) is 0 Å². The Bertz CT molecular complexity index is 478. The first-order chi connectivity index (χ1) is 9.17. The van der Waals surface area contributed by atoms with E-state index in [1.54, 1.807) is 0 Å². The minimum absolute atomic E-state index is 0.0488. The lowest BCUT2D eigenvalue weighted by molar-refractivity contribution is 0.0198. The average molecular weight is 285 g/mol. The van der Waals surface area contributed by atoms with E-state index in [0.29, 0.717) is 12.8 Å². The van der Waals surface area contributed by atoms with Crippen LogP contribution in [0.4, 0.5) is 0 Å². The van der Waals surface area contributed by atoms with E-state index in [1.807, 2.05) is 6.92 Å². The van der Waals surface area contributed by atoms with Gasteiger partial charge in [-0.15, -0.1) is 0 Å². The van der Waals surface area contributed by atoms with Crippen LogP contribution in [0.5, 0.6) is 0 Å². The normalized spacial score (nSPS) is 16.3. The highest BCUT2D eigenvalue weighted by Crippen LogP contribution is 2.23. The van der Waals surface area contributed by atoms with Crippen LogP contribution >= 0.6 is 11.6 Å². The van der Waals surface area contributed by atoms with Crippen molar-refractivity contribution in [2.75, 3.05) is 0 Å². The van der Waals surface area contributed by atoms with Gasteiger partial charge in [0.1, 0.15) is 11.8 Å². The van der Waals surface area contributed by atoms with E-state index in [-0.39, 0.29) is 22.8 Å². The number of esters is 1. The summed E-state index contributed by atoms with van der Waals surface area (Å²) in [5.74, 6) is -0.504. The standard InChI is InChI=1S/C13H17ClN2O3/c1-2-16-11(10(8-17)15-13(16)14)12(18)19-9-6-4-3-5-7-9/h8-9H,2-7H2,1H3. The van der Waals surface area contributed by atoms with Gasteiger partial charge in [-0.05, 0) is 44.2 Å². The van der Waals surface area contributed by atoms with Crippen LogP contribution in [0.2, 0.25) is 5.28 Å². The molecular formula is C13H17ClN2O3. The number of aldehydes is 1. The maximum atomic E-state index is 12.2. The lowest BCUT2D eigenvalue weighted by Crippen LogP contribution is -2.23. The van der Waals surface area contributed by atoms with E-state index in [2.05, 4.69) is 4.98 Å². The molecule has 1 saturated carbocycles. The van der Waals surface area contributed by atoms with Crippen molar-refractivity contribution in [3.05, 3.63) is 16.7 Å². The molecule has 1 aromatic heterocycles. The monoisotopic (exact) mass is 284 g/mol. The molecule has 1 aliphatic carbocycles. The molecule has 2 rings (SSSR count). The lowest BCUT2D eigenvalue weighted by atomic mass is 9.98. The van der Waals surface area contributed by atoms with Crippen molar-refractivity contribution >= 4 is 23.9 Å². The number of nitrogens with zero attached hydrogens (tertiary/aromatic N) is 2. The van der Waals surface area contributed by atoms with E-state index >= 15 is 0 Å². The fraction of sp³-hybridized carbons (Fsp3) is 0.615. The van der Waals surface area contributed by atoms with Gasteiger partial charge in [-0.3, -0.25) is 4.79 Å². The number of halogens is 1. The summed E-state index contributed by atoms with van der Waals surface area (Å²) in [6.45, 7) is 2.30. The number of imidazole rings is 1. The van der Waals surface area contributed by atoms with Crippen LogP contribution in [0, 0.1) is 0 Å². The molecule has 1 fully saturated rings. The lowest BCUT2D eigenvalue weighted by Gasteiger charge is -2.22. The molecule has 0 atom stereocenters. The fourth-order valence-corrected chi connectivity index (χ4v) is 2.71. The largest absolute Gasteiger partial charge is 0.458 e. The third-order valence-corrected chi connectivity index (χ3v) is 3.68. The molecule has 0 spiro atoms. The highest BCUT2D eigenvalue weighted by molar-refractivity contribution is 6.29. The van der Waals surface area contributed by atoms with Gasteiger partial charge in [-0.2, -0.15) is 0 Å². The topological polar surface area (TPSA) is 61.2 Å². The molecule has 0 aromatic carbocycles. The summed E-state index contributed by atoms with van der Waals surface area (Å²) in [6.07, 6.45) is 5.59. The number of rotatable bonds is 4. The Morgan fingerprint density at radius 1 is 1.47 bits per heavy atom. The minimum Gasteiger partial charge on any atom is -0.458 e. The first-order valence-corrected chi connectivity index (χ1v) is 6.97. The van der Waals surface area contributed by atoms with Crippen LogP contribution in [0.25, 0.3) is 0 Å². The summed E-state index contributed by atoms with van der Waals surface area (Å²) < 4.78 is 6.95. The maximum absolute atomic E-state index is 12.2. The molecule has 0 N–H and O–H groups in total. The van der Waals surface area contributed by atoms with Gasteiger partial charge in [0.25, 0.3) is 0 Å². The average Bonchev–Trinajstić information content (AvgIpc) is 2.75. The quantitative estimate of drug-likeness (QED) is 0.630. The zero-order valence-electron chi connectivity index (χ0n) is 10.9. The Morgan fingerprint density at radius 3 is 2.74 bits per heavy atom. The highest BCUT2D eigenvalue weighted by Gasteiger charge is 2.26. The zero-order valence-corrected chi connectivity index (χ0v) is 11.7. The summed E-state index contributed by atoms with van der Waals surface area (Å²) in [5, 5.41) is 0.139. The summed E-state index contributed by atoms with van der Waals surface area (Å²) in [6, 6.07) is 0. The SMILES string of the molecule is CCn1c(Cl)nc(C=O)c1C(=O)OC1CCCCC1. The second-order valence-electron chi connectivity index (χ2n) is 4.64. The van der Waals surface area contributed by atoms with E-state index in [4.69, 9.17) is 16.3 Å². The predicted molar refractivity (Wildman–Crippen MR) is 70.6 cm³/mol. The summed E-state index contributed by atoms with van der Waals surface area (Å²) in [4.78, 5) is 27.0. The van der Waals surface area contributed by atoms with Gasteiger partial charge in [0.2, 0.25) is 5.28 Å². The Labute approximate surface area is 116 Å². The van der Waals surface area contributed by atoms with E-state index in [1.165, 1.54) is 11.0 Å². The number of carbonyl (C=O) groups excluding carboxylic acids is 2. The summed E-state index contributed by atoms with van der Waals surface area (Å²) in [5.41, 5.74) is 0.209. The first-order valence-electron chi connectivity index (χ1n) is 6.59. The van der Waals surface area contributed by atoms with Gasteiger partial charge in [0, 0.05) is 6.54 Å². The minimum atomic E-state index is -0.504. The number of hydrogen-bond donors (Lipinski definition) is 0.